The van der Waals surface area contributed by atoms with Crippen LogP contribution in [-0.2, 0) is 6.54 Å². The minimum atomic E-state index is 0.266. The molecule has 2 aromatic heterocycles. The van der Waals surface area contributed by atoms with Crippen molar-refractivity contribution in [1.82, 2.24) is 10.3 Å². The molecule has 0 radical (unpaired) electrons. The lowest BCUT2D eigenvalue weighted by molar-refractivity contribution is 0.561. The Kier molecular flexibility index (Phi) is 3.29. The van der Waals surface area contributed by atoms with Gasteiger partial charge in [0.25, 0.3) is 0 Å². The third kappa shape index (κ3) is 2.51. The number of para-hydroxylation sites is 1. The first kappa shape index (κ1) is 11.9. The molecule has 3 heteroatoms. The summed E-state index contributed by atoms with van der Waals surface area (Å²) < 4.78 is 5.53. The van der Waals surface area contributed by atoms with E-state index in [-0.39, 0.29) is 6.04 Å². The molecule has 2 heterocycles. The van der Waals surface area contributed by atoms with E-state index in [1.165, 1.54) is 16.5 Å². The van der Waals surface area contributed by atoms with Crippen LogP contribution in [0.4, 0.5) is 0 Å². The van der Waals surface area contributed by atoms with Crippen molar-refractivity contribution in [1.29, 1.82) is 0 Å². The van der Waals surface area contributed by atoms with Crippen LogP contribution in [0.3, 0.4) is 0 Å². The second-order valence-corrected chi connectivity index (χ2v) is 4.65. The fraction of sp³-hybridized carbons (Fsp3) is 0.188. The van der Waals surface area contributed by atoms with Gasteiger partial charge in [0.2, 0.25) is 0 Å². The van der Waals surface area contributed by atoms with Gasteiger partial charge in [-0.05, 0) is 24.6 Å². The van der Waals surface area contributed by atoms with E-state index < -0.39 is 0 Å². The first-order chi connectivity index (χ1) is 9.34. The van der Waals surface area contributed by atoms with Crippen molar-refractivity contribution in [3.63, 3.8) is 0 Å². The quantitative estimate of drug-likeness (QED) is 0.769. The molecule has 96 valence electrons. The number of hydrogen-bond acceptors (Lipinski definition) is 3. The van der Waals surface area contributed by atoms with Gasteiger partial charge in [-0.1, -0.05) is 24.3 Å². The zero-order chi connectivity index (χ0) is 13.1. The monoisotopic (exact) mass is 252 g/mol. The predicted molar refractivity (Wildman–Crippen MR) is 75.7 cm³/mol. The average molecular weight is 252 g/mol. The van der Waals surface area contributed by atoms with Gasteiger partial charge in [-0.15, -0.1) is 0 Å². The van der Waals surface area contributed by atoms with Gasteiger partial charge in [-0.3, -0.25) is 4.98 Å². The van der Waals surface area contributed by atoms with Gasteiger partial charge in [-0.2, -0.15) is 0 Å². The smallest absolute Gasteiger partial charge is 0.134 e. The van der Waals surface area contributed by atoms with E-state index >= 15 is 0 Å². The Morgan fingerprint density at radius 3 is 2.95 bits per heavy atom. The van der Waals surface area contributed by atoms with Crippen LogP contribution in [0.2, 0.25) is 0 Å². The van der Waals surface area contributed by atoms with E-state index in [9.17, 15) is 0 Å². The highest BCUT2D eigenvalue weighted by Crippen LogP contribution is 2.21. The Balaban J connectivity index is 1.73. The standard InChI is InChI=1S/C16H16N2O/c1-12(13-5-4-8-17-9-13)18-10-14-11-19-16-7-3-2-6-15(14)16/h2-9,11-12,18H,10H2,1H3/t12-/m1/s1. The first-order valence-corrected chi connectivity index (χ1v) is 6.43. The van der Waals surface area contributed by atoms with Gasteiger partial charge < -0.3 is 9.73 Å². The molecule has 0 unspecified atom stereocenters. The number of hydrogen-bond donors (Lipinski definition) is 1. The molecule has 19 heavy (non-hydrogen) atoms. The molecular formula is C16H16N2O. The molecule has 1 atom stereocenters. The van der Waals surface area contributed by atoms with Crippen LogP contribution in [0.15, 0.2) is 59.5 Å². The third-order valence-corrected chi connectivity index (χ3v) is 3.34. The van der Waals surface area contributed by atoms with Gasteiger partial charge in [-0.25, -0.2) is 0 Å². The molecule has 0 fully saturated rings. The summed E-state index contributed by atoms with van der Waals surface area (Å²) in [5, 5.41) is 4.67. The second-order valence-electron chi connectivity index (χ2n) is 4.65. The van der Waals surface area contributed by atoms with Crippen molar-refractivity contribution in [2.75, 3.05) is 0 Å². The molecule has 3 rings (SSSR count). The highest BCUT2D eigenvalue weighted by atomic mass is 16.3. The number of furan rings is 1. The molecule has 0 bridgehead atoms. The zero-order valence-corrected chi connectivity index (χ0v) is 10.8. The molecule has 0 amide bonds. The highest BCUT2D eigenvalue weighted by molar-refractivity contribution is 5.80. The van der Waals surface area contributed by atoms with E-state index in [1.54, 1.807) is 6.20 Å². The van der Waals surface area contributed by atoms with Crippen LogP contribution in [0.25, 0.3) is 11.0 Å². The minimum absolute atomic E-state index is 0.266. The van der Waals surface area contributed by atoms with Crippen molar-refractivity contribution in [2.45, 2.75) is 19.5 Å². The number of pyridine rings is 1. The number of benzene rings is 1. The molecule has 0 aliphatic carbocycles. The maximum atomic E-state index is 5.53. The van der Waals surface area contributed by atoms with Crippen LogP contribution in [0, 0.1) is 0 Å². The molecule has 1 N–H and O–H groups in total. The Morgan fingerprint density at radius 2 is 2.11 bits per heavy atom. The number of rotatable bonds is 4. The van der Waals surface area contributed by atoms with Crippen LogP contribution in [-0.4, -0.2) is 4.98 Å². The molecule has 3 aromatic rings. The number of aromatic nitrogens is 1. The van der Waals surface area contributed by atoms with Crippen LogP contribution in [0.1, 0.15) is 24.1 Å². The zero-order valence-electron chi connectivity index (χ0n) is 10.8. The summed E-state index contributed by atoms with van der Waals surface area (Å²) in [7, 11) is 0. The molecule has 0 aliphatic heterocycles. The molecule has 0 saturated carbocycles. The van der Waals surface area contributed by atoms with Crippen LogP contribution < -0.4 is 5.32 Å². The summed E-state index contributed by atoms with van der Waals surface area (Å²) in [5.41, 5.74) is 3.31. The van der Waals surface area contributed by atoms with E-state index in [0.717, 1.165) is 12.1 Å². The topological polar surface area (TPSA) is 38.1 Å². The third-order valence-electron chi connectivity index (χ3n) is 3.34. The maximum absolute atomic E-state index is 5.53. The first-order valence-electron chi connectivity index (χ1n) is 6.43. The number of nitrogens with zero attached hydrogens (tertiary/aromatic N) is 1. The van der Waals surface area contributed by atoms with Crippen molar-refractivity contribution < 1.29 is 4.42 Å². The SMILES string of the molecule is C[C@@H](NCc1coc2ccccc12)c1cccnc1. The Labute approximate surface area is 112 Å². The normalized spacial score (nSPS) is 12.7. The van der Waals surface area contributed by atoms with Gasteiger partial charge in [0.05, 0.1) is 6.26 Å². The van der Waals surface area contributed by atoms with Crippen molar-refractivity contribution in [3.05, 3.63) is 66.2 Å². The summed E-state index contributed by atoms with van der Waals surface area (Å²) in [5.74, 6) is 0. The van der Waals surface area contributed by atoms with Gasteiger partial charge >= 0.3 is 0 Å². The summed E-state index contributed by atoms with van der Waals surface area (Å²) in [6, 6.07) is 12.4. The lowest BCUT2D eigenvalue weighted by atomic mass is 10.1. The average Bonchev–Trinajstić information content (AvgIpc) is 2.89. The molecule has 3 nitrogen and oxygen atoms in total. The molecule has 0 spiro atoms. The maximum Gasteiger partial charge on any atom is 0.134 e. The molecule has 0 saturated heterocycles. The highest BCUT2D eigenvalue weighted by Gasteiger charge is 2.08. The van der Waals surface area contributed by atoms with Crippen molar-refractivity contribution in [2.24, 2.45) is 0 Å². The molecule has 0 aliphatic rings. The number of fused-ring (bicyclic) bond motifs is 1. The van der Waals surface area contributed by atoms with E-state index in [0.29, 0.717) is 0 Å². The van der Waals surface area contributed by atoms with Crippen LogP contribution >= 0.6 is 0 Å². The summed E-state index contributed by atoms with van der Waals surface area (Å²) in [6.07, 6.45) is 5.51. The Morgan fingerprint density at radius 1 is 1.21 bits per heavy atom. The van der Waals surface area contributed by atoms with E-state index in [4.69, 9.17) is 4.42 Å². The molecular weight excluding hydrogens is 236 g/mol. The lowest BCUT2D eigenvalue weighted by Gasteiger charge is -2.12. The van der Waals surface area contributed by atoms with E-state index in [1.807, 2.05) is 36.7 Å². The fourth-order valence-electron chi connectivity index (χ4n) is 2.18. The summed E-state index contributed by atoms with van der Waals surface area (Å²) in [4.78, 5) is 4.14. The number of nitrogens with one attached hydrogen (secondary N) is 1. The van der Waals surface area contributed by atoms with Gasteiger partial charge in [0.15, 0.2) is 0 Å². The van der Waals surface area contributed by atoms with Gasteiger partial charge in [0, 0.05) is 35.9 Å². The Bertz CT molecular complexity index is 661. The van der Waals surface area contributed by atoms with Crippen molar-refractivity contribution >= 4 is 11.0 Å². The van der Waals surface area contributed by atoms with Crippen molar-refractivity contribution in [3.8, 4) is 0 Å². The van der Waals surface area contributed by atoms with E-state index in [2.05, 4.69) is 29.4 Å². The summed E-state index contributed by atoms with van der Waals surface area (Å²) in [6.45, 7) is 2.92. The predicted octanol–water partition coefficient (Wildman–Crippen LogP) is 3.68. The Hall–Kier alpha value is -2.13. The summed E-state index contributed by atoms with van der Waals surface area (Å²) >= 11 is 0. The largest absolute Gasteiger partial charge is 0.464 e. The van der Waals surface area contributed by atoms with Gasteiger partial charge in [0.1, 0.15) is 5.58 Å². The lowest BCUT2D eigenvalue weighted by Crippen LogP contribution is -2.17. The van der Waals surface area contributed by atoms with Crippen LogP contribution in [0.5, 0.6) is 0 Å². The fourth-order valence-corrected chi connectivity index (χ4v) is 2.18. The molecule has 1 aromatic carbocycles. The second kappa shape index (κ2) is 5.24. The minimum Gasteiger partial charge on any atom is -0.464 e.